The largest absolute Gasteiger partial charge is 0.370 e. The van der Waals surface area contributed by atoms with Gasteiger partial charge in [-0.1, -0.05) is 25.1 Å². The highest BCUT2D eigenvalue weighted by Crippen LogP contribution is 2.17. The van der Waals surface area contributed by atoms with E-state index in [-0.39, 0.29) is 40.9 Å². The van der Waals surface area contributed by atoms with Gasteiger partial charge in [0, 0.05) is 50.9 Å². The standard InChI is InChI=1S/C24H45N7O4S/c1-3-9-21(34)20(12-8-14-30-24(27)28)31-22(35)18(10-7-13-29-23(25)26)16-19(33)11-5-4-6-15-36-17(2)32/h18,20H,3-16H2,1-2H3,(H,31,35)(H4,25,26,29)(H4,27,28,30)/t18-,20+/m1/s1. The zero-order valence-electron chi connectivity index (χ0n) is 21.8. The van der Waals surface area contributed by atoms with E-state index in [0.717, 1.165) is 18.6 Å². The van der Waals surface area contributed by atoms with Crippen LogP contribution in [-0.4, -0.2) is 59.4 Å². The molecule has 12 heteroatoms. The van der Waals surface area contributed by atoms with E-state index in [0.29, 0.717) is 64.5 Å². The molecule has 2 atom stereocenters. The Balaban J connectivity index is 5.05. The first kappa shape index (κ1) is 33.4. The van der Waals surface area contributed by atoms with Crippen molar-refractivity contribution in [3.63, 3.8) is 0 Å². The van der Waals surface area contributed by atoms with E-state index < -0.39 is 12.0 Å². The minimum absolute atomic E-state index is 0.000374. The Morgan fingerprint density at radius 2 is 1.44 bits per heavy atom. The van der Waals surface area contributed by atoms with Crippen LogP contribution in [0.25, 0.3) is 0 Å². The summed E-state index contributed by atoms with van der Waals surface area (Å²) >= 11 is 1.29. The third-order valence-electron chi connectivity index (χ3n) is 5.40. The number of ketones is 2. The van der Waals surface area contributed by atoms with Gasteiger partial charge in [0.05, 0.1) is 6.04 Å². The zero-order valence-corrected chi connectivity index (χ0v) is 22.6. The molecule has 11 nitrogen and oxygen atoms in total. The second kappa shape index (κ2) is 20.6. The molecule has 0 bridgehead atoms. The fourth-order valence-electron chi connectivity index (χ4n) is 3.59. The molecule has 0 radical (unpaired) electrons. The quantitative estimate of drug-likeness (QED) is 0.0827. The molecule has 206 valence electrons. The van der Waals surface area contributed by atoms with E-state index in [1.165, 1.54) is 18.7 Å². The van der Waals surface area contributed by atoms with Crippen molar-refractivity contribution in [1.82, 2.24) is 5.32 Å². The SMILES string of the molecule is CCCC(=O)[C@H](CCCN=C(N)N)NC(=O)[C@H](CCCN=C(N)N)CC(=O)CCCCCSC(C)=O. The molecule has 0 aliphatic carbocycles. The van der Waals surface area contributed by atoms with Crippen molar-refractivity contribution in [1.29, 1.82) is 0 Å². The van der Waals surface area contributed by atoms with E-state index in [2.05, 4.69) is 15.3 Å². The first-order valence-corrected chi connectivity index (χ1v) is 13.6. The van der Waals surface area contributed by atoms with Crippen LogP contribution in [0.4, 0.5) is 0 Å². The molecule has 0 aliphatic rings. The number of rotatable bonds is 21. The maximum Gasteiger partial charge on any atom is 0.224 e. The van der Waals surface area contributed by atoms with Gasteiger partial charge < -0.3 is 28.3 Å². The normalized spacial score (nSPS) is 12.3. The van der Waals surface area contributed by atoms with Crippen molar-refractivity contribution in [2.45, 2.75) is 90.5 Å². The van der Waals surface area contributed by atoms with Crippen LogP contribution in [-0.2, 0) is 19.2 Å². The number of carbonyl (C=O) groups excluding carboxylic acids is 4. The number of nitrogens with zero attached hydrogens (tertiary/aromatic N) is 2. The molecule has 0 saturated heterocycles. The molecule has 0 aromatic rings. The van der Waals surface area contributed by atoms with Crippen molar-refractivity contribution < 1.29 is 19.2 Å². The van der Waals surface area contributed by atoms with Crippen molar-refractivity contribution in [2.75, 3.05) is 18.8 Å². The number of nitrogens with one attached hydrogen (secondary N) is 1. The van der Waals surface area contributed by atoms with Crippen LogP contribution in [0.1, 0.15) is 84.5 Å². The summed E-state index contributed by atoms with van der Waals surface area (Å²) in [5.74, 6) is -0.245. The van der Waals surface area contributed by atoms with Crippen LogP contribution in [0.15, 0.2) is 9.98 Å². The van der Waals surface area contributed by atoms with Crippen molar-refractivity contribution >= 4 is 46.3 Å². The summed E-state index contributed by atoms with van der Waals surface area (Å²) in [7, 11) is 0. The highest BCUT2D eigenvalue weighted by Gasteiger charge is 2.26. The van der Waals surface area contributed by atoms with E-state index >= 15 is 0 Å². The Morgan fingerprint density at radius 1 is 0.833 bits per heavy atom. The molecule has 9 N–H and O–H groups in total. The lowest BCUT2D eigenvalue weighted by molar-refractivity contribution is -0.132. The summed E-state index contributed by atoms with van der Waals surface area (Å²) in [4.78, 5) is 57.2. The summed E-state index contributed by atoms with van der Waals surface area (Å²) < 4.78 is 0. The Kier molecular flexibility index (Phi) is 19.0. The second-order valence-electron chi connectivity index (χ2n) is 8.77. The molecule has 0 aliphatic heterocycles. The van der Waals surface area contributed by atoms with Crippen LogP contribution in [0.5, 0.6) is 0 Å². The Bertz CT molecular complexity index is 751. The number of thioether (sulfide) groups is 1. The number of unbranched alkanes of at least 4 members (excludes halogenated alkanes) is 2. The third kappa shape index (κ3) is 18.7. The first-order valence-electron chi connectivity index (χ1n) is 12.7. The number of hydrogen-bond donors (Lipinski definition) is 5. The first-order chi connectivity index (χ1) is 17.1. The number of Topliss-reactive ketones (excluding diaryl/α,β-unsaturated/α-hetero) is 2. The van der Waals surface area contributed by atoms with Crippen LogP contribution in [0.2, 0.25) is 0 Å². The van der Waals surface area contributed by atoms with E-state index in [4.69, 9.17) is 22.9 Å². The Hall–Kier alpha value is -2.63. The molecular formula is C24H45N7O4S. The summed E-state index contributed by atoms with van der Waals surface area (Å²) in [5.41, 5.74) is 21.4. The zero-order chi connectivity index (χ0) is 27.3. The number of nitrogens with two attached hydrogens (primary N) is 4. The lowest BCUT2D eigenvalue weighted by atomic mass is 9.93. The second-order valence-corrected chi connectivity index (χ2v) is 10.0. The van der Waals surface area contributed by atoms with Crippen LogP contribution in [0.3, 0.4) is 0 Å². The predicted molar refractivity (Wildman–Crippen MR) is 146 cm³/mol. The third-order valence-corrected chi connectivity index (χ3v) is 6.30. The highest BCUT2D eigenvalue weighted by molar-refractivity contribution is 8.13. The average molecular weight is 528 g/mol. The van der Waals surface area contributed by atoms with E-state index in [1.54, 1.807) is 0 Å². The minimum Gasteiger partial charge on any atom is -0.370 e. The monoisotopic (exact) mass is 527 g/mol. The van der Waals surface area contributed by atoms with Gasteiger partial charge in [-0.25, -0.2) is 0 Å². The maximum absolute atomic E-state index is 13.1. The molecule has 0 saturated carbocycles. The van der Waals surface area contributed by atoms with Gasteiger partial charge in [0.25, 0.3) is 0 Å². The van der Waals surface area contributed by atoms with Gasteiger partial charge in [-0.2, -0.15) is 0 Å². The predicted octanol–water partition coefficient (Wildman–Crippen LogP) is 1.36. The number of amides is 1. The van der Waals surface area contributed by atoms with Gasteiger partial charge in [-0.15, -0.1) is 0 Å². The molecule has 0 spiro atoms. The van der Waals surface area contributed by atoms with E-state index in [9.17, 15) is 19.2 Å². The molecule has 1 amide bonds. The lowest BCUT2D eigenvalue weighted by Gasteiger charge is -2.22. The fraction of sp³-hybridized carbons (Fsp3) is 0.750. The summed E-state index contributed by atoms with van der Waals surface area (Å²) in [6.07, 6.45) is 5.81. The maximum atomic E-state index is 13.1. The number of guanidine groups is 2. The van der Waals surface area contributed by atoms with Gasteiger partial charge in [0.15, 0.2) is 22.8 Å². The minimum atomic E-state index is -0.652. The van der Waals surface area contributed by atoms with Crippen LogP contribution < -0.4 is 28.3 Å². The fourth-order valence-corrected chi connectivity index (χ4v) is 4.23. The molecule has 0 aromatic heterocycles. The van der Waals surface area contributed by atoms with Gasteiger partial charge in [-0.05, 0) is 44.9 Å². The van der Waals surface area contributed by atoms with Crippen LogP contribution >= 0.6 is 11.8 Å². The molecule has 0 fully saturated rings. The molecule has 36 heavy (non-hydrogen) atoms. The highest BCUT2D eigenvalue weighted by atomic mass is 32.2. The lowest BCUT2D eigenvalue weighted by Crippen LogP contribution is -2.44. The molecule has 0 aromatic carbocycles. The topological polar surface area (TPSA) is 209 Å². The summed E-state index contributed by atoms with van der Waals surface area (Å²) in [5, 5.41) is 2.96. The summed E-state index contributed by atoms with van der Waals surface area (Å²) in [6.45, 7) is 4.15. The molecule has 0 rings (SSSR count). The smallest absolute Gasteiger partial charge is 0.224 e. The molecule has 0 unspecified atom stereocenters. The molecule has 0 heterocycles. The molecular weight excluding hydrogens is 482 g/mol. The van der Waals surface area contributed by atoms with Crippen molar-refractivity contribution in [3.8, 4) is 0 Å². The number of aliphatic imine (C=N–C) groups is 2. The van der Waals surface area contributed by atoms with Gasteiger partial charge >= 0.3 is 0 Å². The van der Waals surface area contributed by atoms with Crippen LogP contribution in [0, 0.1) is 5.92 Å². The number of carbonyl (C=O) groups is 4. The average Bonchev–Trinajstić information content (AvgIpc) is 2.79. The number of hydrogen-bond acceptors (Lipinski definition) is 7. The van der Waals surface area contributed by atoms with E-state index in [1.807, 2.05) is 6.92 Å². The Morgan fingerprint density at radius 3 is 2.00 bits per heavy atom. The van der Waals surface area contributed by atoms with Gasteiger partial charge in [0.1, 0.15) is 5.78 Å². The van der Waals surface area contributed by atoms with Gasteiger partial charge in [-0.3, -0.25) is 29.2 Å². The Labute approximate surface area is 219 Å². The van der Waals surface area contributed by atoms with Crippen molar-refractivity contribution in [3.05, 3.63) is 0 Å². The van der Waals surface area contributed by atoms with Gasteiger partial charge in [0.2, 0.25) is 5.91 Å². The van der Waals surface area contributed by atoms with Crippen molar-refractivity contribution in [2.24, 2.45) is 38.8 Å². The summed E-state index contributed by atoms with van der Waals surface area (Å²) in [6, 6.07) is -0.652.